The number of carboxylic acids is 1. The minimum Gasteiger partial charge on any atom is -0.502 e. The zero-order valence-corrected chi connectivity index (χ0v) is 18.1. The fourth-order valence-electron chi connectivity index (χ4n) is 4.37. The molecule has 34 heavy (non-hydrogen) atoms. The van der Waals surface area contributed by atoms with Crippen LogP contribution in [0.4, 0.5) is 27.6 Å². The number of hydrogen-bond donors (Lipinski definition) is 2. The minimum absolute atomic E-state index is 0.0534. The maximum absolute atomic E-state index is 14.5. The number of phenols is 1. The van der Waals surface area contributed by atoms with Gasteiger partial charge in [0.25, 0.3) is 5.92 Å². The third kappa shape index (κ3) is 6.52. The predicted molar refractivity (Wildman–Crippen MR) is 107 cm³/mol. The van der Waals surface area contributed by atoms with Crippen molar-refractivity contribution in [1.82, 2.24) is 9.80 Å². The van der Waals surface area contributed by atoms with Gasteiger partial charge in [-0.15, -0.1) is 0 Å². The Morgan fingerprint density at radius 2 is 1.88 bits per heavy atom. The van der Waals surface area contributed by atoms with Crippen molar-refractivity contribution < 1.29 is 46.7 Å². The molecule has 2 fully saturated rings. The van der Waals surface area contributed by atoms with E-state index in [2.05, 4.69) is 0 Å². The number of nitro benzene ring substituents is 1. The summed E-state index contributed by atoms with van der Waals surface area (Å²) >= 11 is 0. The second-order valence-corrected chi connectivity index (χ2v) is 8.33. The summed E-state index contributed by atoms with van der Waals surface area (Å²) in [5, 5.41) is 27.7. The van der Waals surface area contributed by atoms with Gasteiger partial charge in [-0.2, -0.15) is 13.2 Å². The molecule has 2 heterocycles. The maximum Gasteiger partial charge on any atom is 0.490 e. The molecule has 1 aromatic carbocycles. The lowest BCUT2D eigenvalue weighted by atomic mass is 9.71. The number of aliphatic carboxylic acids is 1. The van der Waals surface area contributed by atoms with Crippen LogP contribution in [0.1, 0.15) is 31.7 Å². The van der Waals surface area contributed by atoms with Crippen LogP contribution in [0.5, 0.6) is 5.75 Å². The third-order valence-electron chi connectivity index (χ3n) is 5.67. The van der Waals surface area contributed by atoms with Crippen LogP contribution in [0.2, 0.25) is 0 Å². The van der Waals surface area contributed by atoms with E-state index in [1.807, 2.05) is 6.92 Å². The van der Waals surface area contributed by atoms with E-state index < -0.39 is 52.8 Å². The molecule has 1 unspecified atom stereocenters. The van der Waals surface area contributed by atoms with Gasteiger partial charge in [-0.25, -0.2) is 13.6 Å². The van der Waals surface area contributed by atoms with Crippen molar-refractivity contribution in [2.75, 3.05) is 26.2 Å². The number of amides is 1. The lowest BCUT2D eigenvalue weighted by Gasteiger charge is -2.49. The predicted octanol–water partition coefficient (Wildman–Crippen LogP) is 3.40. The topological polar surface area (TPSA) is 124 Å². The normalized spacial score (nSPS) is 22.8. The second-order valence-electron chi connectivity index (χ2n) is 8.33. The largest absolute Gasteiger partial charge is 0.502 e. The Morgan fingerprint density at radius 3 is 2.41 bits per heavy atom. The number of hydrogen-bond acceptors (Lipinski definition) is 6. The van der Waals surface area contributed by atoms with Gasteiger partial charge in [-0.05, 0) is 31.4 Å². The molecule has 2 aliphatic heterocycles. The fourth-order valence-corrected chi connectivity index (χ4v) is 4.37. The van der Waals surface area contributed by atoms with Gasteiger partial charge in [0.15, 0.2) is 5.75 Å². The van der Waals surface area contributed by atoms with E-state index in [0.29, 0.717) is 31.5 Å². The first-order chi connectivity index (χ1) is 15.6. The highest BCUT2D eigenvalue weighted by Gasteiger charge is 2.54. The van der Waals surface area contributed by atoms with Gasteiger partial charge in [0.2, 0.25) is 5.91 Å². The monoisotopic (exact) mass is 497 g/mol. The van der Waals surface area contributed by atoms with Gasteiger partial charge in [0.1, 0.15) is 0 Å². The van der Waals surface area contributed by atoms with E-state index in [9.17, 15) is 42.0 Å². The molecule has 2 aliphatic rings. The van der Waals surface area contributed by atoms with Gasteiger partial charge in [0.05, 0.1) is 16.9 Å². The molecule has 0 bridgehead atoms. The molecule has 190 valence electrons. The summed E-state index contributed by atoms with van der Waals surface area (Å²) in [6.45, 7) is 2.68. The van der Waals surface area contributed by atoms with E-state index in [-0.39, 0.29) is 19.0 Å². The standard InChI is InChI=1S/C18H23F2N3O4.C2HF3O2/c1-2-22-7-3-6-17(16(22)25)10-18(19,20)12-21(11-17)9-13-4-5-15(24)14(8-13)23(26)27;3-2(4,5)1(6)7/h4-5,8,24H,2-3,6-7,9-12H2,1H3;(H,6,7). The van der Waals surface area contributed by atoms with Crippen LogP contribution in [0.3, 0.4) is 0 Å². The SMILES string of the molecule is CCN1CCCC2(CN(Cc3ccc(O)c([N+](=O)[O-])c3)CC(F)(F)C2)C1=O.O=C(O)C(F)(F)F. The number of carbonyl (C=O) groups excluding carboxylic acids is 1. The average Bonchev–Trinajstić information content (AvgIpc) is 2.70. The Bertz CT molecular complexity index is 942. The summed E-state index contributed by atoms with van der Waals surface area (Å²) in [6, 6.07) is 3.86. The lowest BCUT2D eigenvalue weighted by Crippen LogP contribution is -2.60. The first-order valence-electron chi connectivity index (χ1n) is 10.3. The Balaban J connectivity index is 0.000000509. The summed E-state index contributed by atoms with van der Waals surface area (Å²) in [5.74, 6) is -6.46. The molecule has 9 nitrogen and oxygen atoms in total. The summed E-state index contributed by atoms with van der Waals surface area (Å²) in [6.07, 6.45) is -4.43. The Labute approximate surface area is 190 Å². The molecule has 3 rings (SSSR count). The Hall–Kier alpha value is -3.03. The highest BCUT2D eigenvalue weighted by atomic mass is 19.4. The van der Waals surface area contributed by atoms with Crippen molar-refractivity contribution in [3.05, 3.63) is 33.9 Å². The van der Waals surface area contributed by atoms with Crippen molar-refractivity contribution in [2.24, 2.45) is 5.41 Å². The second kappa shape index (κ2) is 10.1. The van der Waals surface area contributed by atoms with Crippen molar-refractivity contribution in [3.8, 4) is 5.75 Å². The van der Waals surface area contributed by atoms with Crippen molar-refractivity contribution in [1.29, 1.82) is 0 Å². The Morgan fingerprint density at radius 1 is 1.26 bits per heavy atom. The highest BCUT2D eigenvalue weighted by Crippen LogP contribution is 2.45. The zero-order valence-electron chi connectivity index (χ0n) is 18.1. The first kappa shape index (κ1) is 27.2. The number of benzene rings is 1. The quantitative estimate of drug-likeness (QED) is 0.371. The molecule has 0 aromatic heterocycles. The molecule has 0 radical (unpaired) electrons. The van der Waals surface area contributed by atoms with E-state index in [1.165, 1.54) is 23.1 Å². The molecule has 0 saturated carbocycles. The molecule has 0 aliphatic carbocycles. The number of likely N-dealkylation sites (tertiary alicyclic amines) is 2. The van der Waals surface area contributed by atoms with Gasteiger partial charge >= 0.3 is 17.8 Å². The summed E-state index contributed by atoms with van der Waals surface area (Å²) in [4.78, 5) is 35.1. The molecule has 1 atom stereocenters. The van der Waals surface area contributed by atoms with Crippen molar-refractivity contribution >= 4 is 17.6 Å². The summed E-state index contributed by atoms with van der Waals surface area (Å²) < 4.78 is 60.7. The molecule has 1 amide bonds. The summed E-state index contributed by atoms with van der Waals surface area (Å²) in [7, 11) is 0. The van der Waals surface area contributed by atoms with E-state index in [0.717, 1.165) is 0 Å². The van der Waals surface area contributed by atoms with Crippen LogP contribution in [0.15, 0.2) is 18.2 Å². The number of halogens is 5. The highest BCUT2D eigenvalue weighted by molar-refractivity contribution is 5.84. The van der Waals surface area contributed by atoms with E-state index in [1.54, 1.807) is 4.90 Å². The molecular weight excluding hydrogens is 473 g/mol. The number of alkyl halides is 5. The number of carboxylic acid groups (broad SMARTS) is 1. The average molecular weight is 497 g/mol. The number of nitrogens with zero attached hydrogens (tertiary/aromatic N) is 3. The Kier molecular flexibility index (Phi) is 8.06. The molecule has 2 N–H and O–H groups in total. The molecular formula is C20H24F5N3O6. The summed E-state index contributed by atoms with van der Waals surface area (Å²) in [5.41, 5.74) is -1.13. The van der Waals surface area contributed by atoms with Gasteiger partial charge in [-0.3, -0.25) is 19.8 Å². The number of phenolic OH excluding ortho intramolecular Hbond substituents is 1. The first-order valence-corrected chi connectivity index (χ1v) is 10.3. The third-order valence-corrected chi connectivity index (χ3v) is 5.67. The number of piperidine rings is 2. The van der Waals surface area contributed by atoms with Crippen LogP contribution in [0, 0.1) is 15.5 Å². The lowest BCUT2D eigenvalue weighted by molar-refractivity contribution is -0.385. The van der Waals surface area contributed by atoms with Gasteiger partial charge < -0.3 is 15.1 Å². The number of carbonyl (C=O) groups is 2. The molecule has 2 saturated heterocycles. The van der Waals surface area contributed by atoms with Crippen molar-refractivity contribution in [2.45, 2.75) is 44.8 Å². The maximum atomic E-state index is 14.5. The number of rotatable bonds is 4. The van der Waals surface area contributed by atoms with Gasteiger partial charge in [-0.1, -0.05) is 6.07 Å². The minimum atomic E-state index is -5.08. The van der Waals surface area contributed by atoms with E-state index in [4.69, 9.17) is 9.90 Å². The van der Waals surface area contributed by atoms with Gasteiger partial charge in [0, 0.05) is 38.7 Å². The van der Waals surface area contributed by atoms with Crippen LogP contribution in [0.25, 0.3) is 0 Å². The number of nitro groups is 1. The van der Waals surface area contributed by atoms with Crippen molar-refractivity contribution in [3.63, 3.8) is 0 Å². The zero-order chi connectivity index (χ0) is 25.9. The van der Waals surface area contributed by atoms with Crippen LogP contribution >= 0.6 is 0 Å². The molecule has 14 heteroatoms. The smallest absolute Gasteiger partial charge is 0.490 e. The van der Waals surface area contributed by atoms with E-state index >= 15 is 0 Å². The molecule has 1 aromatic rings. The molecule has 1 spiro atoms. The number of aromatic hydroxyl groups is 1. The fraction of sp³-hybridized carbons (Fsp3) is 0.600. The van der Waals surface area contributed by atoms with Crippen LogP contribution in [-0.2, 0) is 16.1 Å². The van der Waals surface area contributed by atoms with Crippen LogP contribution in [-0.4, -0.2) is 75.1 Å². The van der Waals surface area contributed by atoms with Crippen LogP contribution < -0.4 is 0 Å².